The molecular weight excluding hydrogens is 313 g/mol. The second-order valence-corrected chi connectivity index (χ2v) is 5.76. The highest BCUT2D eigenvalue weighted by atomic mass is 35.5. The van der Waals surface area contributed by atoms with Gasteiger partial charge < -0.3 is 19.9 Å². The maximum atomic E-state index is 12.2. The van der Waals surface area contributed by atoms with Crippen LogP contribution in [0, 0.1) is 0 Å². The lowest BCUT2D eigenvalue weighted by Gasteiger charge is -2.34. The number of hydrogen-bond acceptors (Lipinski definition) is 4. The molecule has 2 saturated heterocycles. The zero-order valence-electron chi connectivity index (χ0n) is 13.0. The molecule has 1 N–H and O–H groups in total. The van der Waals surface area contributed by atoms with E-state index >= 15 is 0 Å². The molecule has 2 atom stereocenters. The fourth-order valence-electron chi connectivity index (χ4n) is 2.95. The number of nitrogens with one attached hydrogen (secondary N) is 1. The first-order chi connectivity index (χ1) is 9.18. The number of carbonyl (C=O) groups is 1. The number of piperidine rings is 1. The molecule has 5 nitrogen and oxygen atoms in total. The molecule has 0 saturated carbocycles. The van der Waals surface area contributed by atoms with Crippen LogP contribution in [0.1, 0.15) is 25.7 Å². The van der Waals surface area contributed by atoms with Crippen LogP contribution >= 0.6 is 24.8 Å². The van der Waals surface area contributed by atoms with Gasteiger partial charge in [0.25, 0.3) is 0 Å². The summed E-state index contributed by atoms with van der Waals surface area (Å²) in [5, 5.41) is 3.22. The molecule has 126 valence electrons. The number of hydrogen-bond donors (Lipinski definition) is 1. The van der Waals surface area contributed by atoms with E-state index < -0.39 is 0 Å². The summed E-state index contributed by atoms with van der Waals surface area (Å²) >= 11 is 0. The van der Waals surface area contributed by atoms with Gasteiger partial charge in [0.05, 0.1) is 13.2 Å². The van der Waals surface area contributed by atoms with Gasteiger partial charge in [0, 0.05) is 26.2 Å². The van der Waals surface area contributed by atoms with E-state index in [0.717, 1.165) is 19.5 Å². The Labute approximate surface area is 140 Å². The average Bonchev–Trinajstić information content (AvgIpc) is 2.46. The summed E-state index contributed by atoms with van der Waals surface area (Å²) in [5.74, 6) is 0.165. The molecule has 2 fully saturated rings. The van der Waals surface area contributed by atoms with Gasteiger partial charge in [-0.1, -0.05) is 6.42 Å². The number of carbonyl (C=O) groups excluding carboxylic acids is 1. The van der Waals surface area contributed by atoms with E-state index in [9.17, 15) is 4.79 Å². The maximum absolute atomic E-state index is 12.2. The smallest absolute Gasteiger partial charge is 0.241 e. The van der Waals surface area contributed by atoms with Crippen molar-refractivity contribution in [3.63, 3.8) is 0 Å². The van der Waals surface area contributed by atoms with Gasteiger partial charge in [0.15, 0.2) is 0 Å². The van der Waals surface area contributed by atoms with Crippen molar-refractivity contribution in [3.05, 3.63) is 0 Å². The maximum Gasteiger partial charge on any atom is 0.241 e. The van der Waals surface area contributed by atoms with E-state index in [-0.39, 0.29) is 36.8 Å². The molecule has 0 aromatic carbocycles. The molecule has 2 unspecified atom stereocenters. The predicted octanol–water partition coefficient (Wildman–Crippen LogP) is 1.15. The Morgan fingerprint density at radius 3 is 2.76 bits per heavy atom. The van der Waals surface area contributed by atoms with Gasteiger partial charge in [-0.2, -0.15) is 0 Å². The van der Waals surface area contributed by atoms with E-state index in [1.165, 1.54) is 25.8 Å². The Hall–Kier alpha value is -0.0700. The first kappa shape index (κ1) is 20.9. The third-order valence-electron chi connectivity index (χ3n) is 4.32. The molecule has 21 heavy (non-hydrogen) atoms. The number of halogens is 2. The highest BCUT2D eigenvalue weighted by molar-refractivity contribution is 5.85. The molecule has 2 aliphatic heterocycles. The van der Waals surface area contributed by atoms with Crippen molar-refractivity contribution in [2.45, 2.75) is 37.8 Å². The number of likely N-dealkylation sites (N-methyl/N-ethyl adjacent to an activating group) is 1. The Bertz CT molecular complexity index is 302. The molecule has 0 aromatic heterocycles. The van der Waals surface area contributed by atoms with Gasteiger partial charge in [-0.05, 0) is 32.9 Å². The summed E-state index contributed by atoms with van der Waals surface area (Å²) in [4.78, 5) is 16.5. The average molecular weight is 342 g/mol. The number of likely N-dealkylation sites (tertiary alicyclic amines) is 1. The van der Waals surface area contributed by atoms with E-state index in [1.807, 2.05) is 11.9 Å². The van der Waals surface area contributed by atoms with Crippen molar-refractivity contribution in [3.8, 4) is 0 Å². The third kappa shape index (κ3) is 6.28. The van der Waals surface area contributed by atoms with Crippen molar-refractivity contribution in [1.82, 2.24) is 15.1 Å². The lowest BCUT2D eigenvalue weighted by atomic mass is 10.00. The van der Waals surface area contributed by atoms with Gasteiger partial charge in [0.2, 0.25) is 5.91 Å². The van der Waals surface area contributed by atoms with Crippen LogP contribution in [0.3, 0.4) is 0 Å². The number of morpholine rings is 1. The minimum absolute atomic E-state index is 0. The summed E-state index contributed by atoms with van der Waals surface area (Å²) < 4.78 is 5.35. The summed E-state index contributed by atoms with van der Waals surface area (Å²) in [6.45, 7) is 4.02. The topological polar surface area (TPSA) is 44.8 Å². The predicted molar refractivity (Wildman–Crippen MR) is 89.6 cm³/mol. The Morgan fingerprint density at radius 1 is 1.38 bits per heavy atom. The summed E-state index contributed by atoms with van der Waals surface area (Å²) in [6.07, 6.45) is 4.98. The standard InChI is InChI=1S/C14H27N3O2.2ClH/c1-16-8-4-3-5-12(16)6-9-17(2)14(18)13-11-19-10-7-15-13;;/h12-13,15H,3-11H2,1-2H3;2*1H. The highest BCUT2D eigenvalue weighted by Gasteiger charge is 2.25. The van der Waals surface area contributed by atoms with Gasteiger partial charge in [0.1, 0.15) is 6.04 Å². The van der Waals surface area contributed by atoms with Crippen LogP contribution in [0.25, 0.3) is 0 Å². The van der Waals surface area contributed by atoms with Crippen LogP contribution in [0.4, 0.5) is 0 Å². The first-order valence-corrected chi connectivity index (χ1v) is 7.45. The van der Waals surface area contributed by atoms with E-state index in [4.69, 9.17) is 4.74 Å². The molecule has 0 aliphatic carbocycles. The lowest BCUT2D eigenvalue weighted by Crippen LogP contribution is -2.52. The summed E-state index contributed by atoms with van der Waals surface area (Å²) in [7, 11) is 4.10. The zero-order chi connectivity index (χ0) is 13.7. The molecule has 1 amide bonds. The van der Waals surface area contributed by atoms with Crippen LogP contribution < -0.4 is 5.32 Å². The van der Waals surface area contributed by atoms with Crippen LogP contribution in [0.2, 0.25) is 0 Å². The Balaban J connectivity index is 0.00000200. The lowest BCUT2D eigenvalue weighted by molar-refractivity contribution is -0.135. The van der Waals surface area contributed by atoms with Crippen molar-refractivity contribution < 1.29 is 9.53 Å². The molecule has 0 bridgehead atoms. The zero-order valence-corrected chi connectivity index (χ0v) is 14.7. The SMILES string of the molecule is CN(CCC1CCCCN1C)C(=O)C1COCCN1.Cl.Cl. The number of ether oxygens (including phenoxy) is 1. The van der Waals surface area contributed by atoms with Crippen molar-refractivity contribution in [2.24, 2.45) is 0 Å². The fourth-order valence-corrected chi connectivity index (χ4v) is 2.95. The monoisotopic (exact) mass is 341 g/mol. The van der Waals surface area contributed by atoms with Crippen molar-refractivity contribution >= 4 is 30.7 Å². The second kappa shape index (κ2) is 10.6. The molecule has 0 spiro atoms. The molecule has 2 heterocycles. The van der Waals surface area contributed by atoms with Crippen LogP contribution in [-0.2, 0) is 9.53 Å². The summed E-state index contributed by atoms with van der Waals surface area (Å²) in [5.41, 5.74) is 0. The number of nitrogens with zero attached hydrogens (tertiary/aromatic N) is 2. The minimum Gasteiger partial charge on any atom is -0.378 e. The first-order valence-electron chi connectivity index (χ1n) is 7.45. The van der Waals surface area contributed by atoms with E-state index in [1.54, 1.807) is 0 Å². The van der Waals surface area contributed by atoms with Crippen LogP contribution in [-0.4, -0.2) is 74.7 Å². The molecular formula is C14H29Cl2N3O2. The quantitative estimate of drug-likeness (QED) is 0.833. The van der Waals surface area contributed by atoms with E-state index in [2.05, 4.69) is 17.3 Å². The Kier molecular flexibility index (Phi) is 10.6. The largest absolute Gasteiger partial charge is 0.378 e. The molecule has 2 rings (SSSR count). The van der Waals surface area contributed by atoms with Gasteiger partial charge in [-0.3, -0.25) is 4.79 Å². The third-order valence-corrected chi connectivity index (χ3v) is 4.32. The van der Waals surface area contributed by atoms with Gasteiger partial charge in [-0.15, -0.1) is 24.8 Å². The van der Waals surface area contributed by atoms with Crippen molar-refractivity contribution in [2.75, 3.05) is 46.9 Å². The van der Waals surface area contributed by atoms with E-state index in [0.29, 0.717) is 19.3 Å². The fraction of sp³-hybridized carbons (Fsp3) is 0.929. The molecule has 7 heteroatoms. The normalized spacial score (nSPS) is 26.4. The number of rotatable bonds is 4. The highest BCUT2D eigenvalue weighted by Crippen LogP contribution is 2.18. The van der Waals surface area contributed by atoms with Crippen LogP contribution in [0.15, 0.2) is 0 Å². The molecule has 2 aliphatic rings. The number of amides is 1. The molecule has 0 radical (unpaired) electrons. The Morgan fingerprint density at radius 2 is 2.14 bits per heavy atom. The second-order valence-electron chi connectivity index (χ2n) is 5.76. The van der Waals surface area contributed by atoms with Gasteiger partial charge in [-0.25, -0.2) is 0 Å². The van der Waals surface area contributed by atoms with Crippen LogP contribution in [0.5, 0.6) is 0 Å². The summed E-state index contributed by atoms with van der Waals surface area (Å²) in [6, 6.07) is 0.488. The molecule has 0 aromatic rings. The minimum atomic E-state index is -0.150. The van der Waals surface area contributed by atoms with Crippen molar-refractivity contribution in [1.29, 1.82) is 0 Å². The van der Waals surface area contributed by atoms with Gasteiger partial charge >= 0.3 is 0 Å².